The second-order valence-electron chi connectivity index (χ2n) is 6.64. The average Bonchev–Trinajstić information content (AvgIpc) is 2.65. The van der Waals surface area contributed by atoms with E-state index in [4.69, 9.17) is 9.47 Å². The molecule has 5 nitrogen and oxygen atoms in total. The van der Waals surface area contributed by atoms with E-state index < -0.39 is 17.7 Å². The number of ketones is 1. The van der Waals surface area contributed by atoms with Gasteiger partial charge in [0, 0.05) is 6.42 Å². The second-order valence-corrected chi connectivity index (χ2v) is 6.64. The summed E-state index contributed by atoms with van der Waals surface area (Å²) in [4.78, 5) is 25.1. The Balaban J connectivity index is 1.64. The van der Waals surface area contributed by atoms with Gasteiger partial charge in [-0.15, -0.1) is 0 Å². The fourth-order valence-corrected chi connectivity index (χ4v) is 2.94. The standard InChI is InChI=1S/C21H23NO4/c1-21(12-13-26-21)19(23)18(14-16-8-4-2-5-9-16)22-20(24)25-15-17-10-6-3-7-11-17/h2-11,18H,12-15H2,1H3,(H,22,24)/t18?,21-/m0/s1. The molecule has 3 rings (SSSR count). The molecule has 2 aromatic carbocycles. The van der Waals surface area contributed by atoms with Crippen LogP contribution in [0.1, 0.15) is 24.5 Å². The Bertz CT molecular complexity index is 741. The Labute approximate surface area is 153 Å². The molecular weight excluding hydrogens is 330 g/mol. The summed E-state index contributed by atoms with van der Waals surface area (Å²) in [7, 11) is 0. The third-order valence-corrected chi connectivity index (χ3v) is 4.62. The van der Waals surface area contributed by atoms with Crippen LogP contribution in [0.4, 0.5) is 4.79 Å². The molecule has 1 amide bonds. The molecule has 1 saturated heterocycles. The van der Waals surface area contributed by atoms with E-state index >= 15 is 0 Å². The van der Waals surface area contributed by atoms with Crippen LogP contribution in [-0.4, -0.2) is 30.1 Å². The first kappa shape index (κ1) is 18.1. The summed E-state index contributed by atoms with van der Waals surface area (Å²) in [5.41, 5.74) is 1.03. The first-order valence-electron chi connectivity index (χ1n) is 8.76. The van der Waals surface area contributed by atoms with Crippen molar-refractivity contribution < 1.29 is 19.1 Å². The lowest BCUT2D eigenvalue weighted by Gasteiger charge is -2.39. The average molecular weight is 353 g/mol. The number of hydrogen-bond acceptors (Lipinski definition) is 4. The fourth-order valence-electron chi connectivity index (χ4n) is 2.94. The summed E-state index contributed by atoms with van der Waals surface area (Å²) < 4.78 is 10.7. The Morgan fingerprint density at radius 3 is 2.19 bits per heavy atom. The van der Waals surface area contributed by atoms with Crippen molar-refractivity contribution in [3.05, 3.63) is 71.8 Å². The van der Waals surface area contributed by atoms with Crippen molar-refractivity contribution in [2.45, 2.75) is 38.0 Å². The molecule has 0 spiro atoms. The number of carbonyl (C=O) groups is 2. The van der Waals surface area contributed by atoms with Crippen molar-refractivity contribution in [3.63, 3.8) is 0 Å². The number of carbonyl (C=O) groups excluding carboxylic acids is 2. The topological polar surface area (TPSA) is 64.6 Å². The second kappa shape index (κ2) is 8.15. The van der Waals surface area contributed by atoms with Crippen LogP contribution in [0.2, 0.25) is 0 Å². The van der Waals surface area contributed by atoms with Gasteiger partial charge in [-0.05, 0) is 24.5 Å². The van der Waals surface area contributed by atoms with Crippen molar-refractivity contribution in [2.24, 2.45) is 0 Å². The van der Waals surface area contributed by atoms with Gasteiger partial charge in [-0.1, -0.05) is 60.7 Å². The molecule has 0 aromatic heterocycles. The van der Waals surface area contributed by atoms with Crippen LogP contribution < -0.4 is 5.32 Å². The molecule has 2 aromatic rings. The molecule has 0 saturated carbocycles. The number of ether oxygens (including phenoxy) is 2. The summed E-state index contributed by atoms with van der Waals surface area (Å²) in [5.74, 6) is -0.121. The molecule has 0 aliphatic carbocycles. The summed E-state index contributed by atoms with van der Waals surface area (Å²) in [5, 5.41) is 2.72. The molecule has 1 aliphatic heterocycles. The number of nitrogens with one attached hydrogen (secondary N) is 1. The molecule has 1 fully saturated rings. The van der Waals surface area contributed by atoms with Crippen LogP contribution in [-0.2, 0) is 27.3 Å². The Morgan fingerprint density at radius 2 is 1.65 bits per heavy atom. The molecule has 5 heteroatoms. The number of amides is 1. The highest BCUT2D eigenvalue weighted by molar-refractivity contribution is 5.94. The van der Waals surface area contributed by atoms with Crippen LogP contribution in [0.15, 0.2) is 60.7 Å². The zero-order valence-electron chi connectivity index (χ0n) is 14.8. The van der Waals surface area contributed by atoms with Gasteiger partial charge in [0.2, 0.25) is 0 Å². The zero-order chi connectivity index (χ0) is 18.4. The van der Waals surface area contributed by atoms with Crippen molar-refractivity contribution in [2.75, 3.05) is 6.61 Å². The monoisotopic (exact) mass is 353 g/mol. The maximum atomic E-state index is 12.9. The predicted molar refractivity (Wildman–Crippen MR) is 97.7 cm³/mol. The fraction of sp³-hybridized carbons (Fsp3) is 0.333. The van der Waals surface area contributed by atoms with Crippen LogP contribution in [0.5, 0.6) is 0 Å². The smallest absolute Gasteiger partial charge is 0.408 e. The Kier molecular flexibility index (Phi) is 5.68. The molecular formula is C21H23NO4. The molecule has 136 valence electrons. The third kappa shape index (κ3) is 4.49. The van der Waals surface area contributed by atoms with Gasteiger partial charge in [0.15, 0.2) is 5.78 Å². The largest absolute Gasteiger partial charge is 0.445 e. The van der Waals surface area contributed by atoms with Crippen LogP contribution >= 0.6 is 0 Å². The van der Waals surface area contributed by atoms with E-state index in [1.807, 2.05) is 60.7 Å². The van der Waals surface area contributed by atoms with Gasteiger partial charge in [0.1, 0.15) is 12.2 Å². The lowest BCUT2D eigenvalue weighted by molar-refractivity contribution is -0.170. The van der Waals surface area contributed by atoms with Gasteiger partial charge >= 0.3 is 6.09 Å². The maximum absolute atomic E-state index is 12.9. The highest BCUT2D eigenvalue weighted by Crippen LogP contribution is 2.28. The van der Waals surface area contributed by atoms with E-state index in [2.05, 4.69) is 5.32 Å². The van der Waals surface area contributed by atoms with Crippen molar-refractivity contribution in [1.82, 2.24) is 5.32 Å². The minimum absolute atomic E-state index is 0.121. The molecule has 26 heavy (non-hydrogen) atoms. The molecule has 2 atom stereocenters. The summed E-state index contributed by atoms with van der Waals surface area (Å²) >= 11 is 0. The predicted octanol–water partition coefficient (Wildman–Crippen LogP) is 3.27. The van der Waals surface area contributed by atoms with Crippen LogP contribution in [0.3, 0.4) is 0 Å². The van der Waals surface area contributed by atoms with Crippen LogP contribution in [0.25, 0.3) is 0 Å². The lowest BCUT2D eigenvalue weighted by Crippen LogP contribution is -2.57. The molecule has 1 heterocycles. The first-order valence-corrected chi connectivity index (χ1v) is 8.76. The lowest BCUT2D eigenvalue weighted by atomic mass is 9.85. The Hall–Kier alpha value is -2.66. The van der Waals surface area contributed by atoms with E-state index in [9.17, 15) is 9.59 Å². The van der Waals surface area contributed by atoms with Gasteiger partial charge in [0.05, 0.1) is 12.6 Å². The van der Waals surface area contributed by atoms with E-state index in [0.717, 1.165) is 11.1 Å². The van der Waals surface area contributed by atoms with Crippen LogP contribution in [0, 0.1) is 0 Å². The zero-order valence-corrected chi connectivity index (χ0v) is 14.8. The van der Waals surface area contributed by atoms with Gasteiger partial charge in [-0.3, -0.25) is 4.79 Å². The van der Waals surface area contributed by atoms with Gasteiger partial charge < -0.3 is 14.8 Å². The maximum Gasteiger partial charge on any atom is 0.408 e. The quantitative estimate of drug-likeness (QED) is 0.830. The highest BCUT2D eigenvalue weighted by atomic mass is 16.5. The van der Waals surface area contributed by atoms with Crippen molar-refractivity contribution >= 4 is 11.9 Å². The summed E-state index contributed by atoms with van der Waals surface area (Å²) in [6, 6.07) is 18.3. The molecule has 0 radical (unpaired) electrons. The number of rotatable bonds is 7. The van der Waals surface area contributed by atoms with Gasteiger partial charge in [0.25, 0.3) is 0 Å². The van der Waals surface area contributed by atoms with E-state index in [1.54, 1.807) is 6.92 Å². The molecule has 1 unspecified atom stereocenters. The van der Waals surface area contributed by atoms with E-state index in [-0.39, 0.29) is 12.4 Å². The van der Waals surface area contributed by atoms with E-state index in [0.29, 0.717) is 19.4 Å². The summed E-state index contributed by atoms with van der Waals surface area (Å²) in [6.45, 7) is 2.50. The number of Topliss-reactive ketones (excluding diaryl/α,β-unsaturated/α-hetero) is 1. The van der Waals surface area contributed by atoms with Crippen molar-refractivity contribution in [3.8, 4) is 0 Å². The first-order chi connectivity index (χ1) is 12.6. The molecule has 0 bridgehead atoms. The third-order valence-electron chi connectivity index (χ3n) is 4.62. The molecule has 1 N–H and O–H groups in total. The van der Waals surface area contributed by atoms with E-state index in [1.165, 1.54) is 0 Å². The highest BCUT2D eigenvalue weighted by Gasteiger charge is 2.44. The normalized spacial score (nSPS) is 19.9. The Morgan fingerprint density at radius 1 is 1.08 bits per heavy atom. The minimum atomic E-state index is -0.827. The SMILES string of the molecule is C[C@@]1(C(=O)C(Cc2ccccc2)NC(=O)OCc2ccccc2)CCO1. The molecule has 1 aliphatic rings. The number of hydrogen-bond donors (Lipinski definition) is 1. The van der Waals surface area contributed by atoms with Crippen molar-refractivity contribution in [1.29, 1.82) is 0 Å². The summed E-state index contributed by atoms with van der Waals surface area (Å²) in [6.07, 6.45) is 0.461. The minimum Gasteiger partial charge on any atom is -0.445 e. The van der Waals surface area contributed by atoms with Gasteiger partial charge in [-0.25, -0.2) is 4.79 Å². The number of alkyl carbamates (subject to hydrolysis) is 1. The van der Waals surface area contributed by atoms with Gasteiger partial charge in [-0.2, -0.15) is 0 Å². The number of benzene rings is 2.